The van der Waals surface area contributed by atoms with Crippen LogP contribution in [0.5, 0.6) is 11.5 Å². The zero-order chi connectivity index (χ0) is 15.5. The summed E-state index contributed by atoms with van der Waals surface area (Å²) >= 11 is 0. The third-order valence-corrected chi connectivity index (χ3v) is 3.67. The lowest BCUT2D eigenvalue weighted by Crippen LogP contribution is -2.39. The highest BCUT2D eigenvalue weighted by Gasteiger charge is 2.33. The van der Waals surface area contributed by atoms with E-state index >= 15 is 0 Å². The SMILES string of the molecule is CCCNC1CC(C)(C)Oc2cc(OCC(C)C)ccc21. The van der Waals surface area contributed by atoms with Crippen molar-refractivity contribution < 1.29 is 9.47 Å². The zero-order valence-electron chi connectivity index (χ0n) is 14.0. The van der Waals surface area contributed by atoms with Gasteiger partial charge >= 0.3 is 0 Å². The molecule has 1 unspecified atom stereocenters. The molecule has 1 N–H and O–H groups in total. The molecule has 1 aromatic rings. The molecule has 0 aliphatic carbocycles. The van der Waals surface area contributed by atoms with Crippen LogP contribution in [0.25, 0.3) is 0 Å². The van der Waals surface area contributed by atoms with Crippen LogP contribution in [0.3, 0.4) is 0 Å². The molecule has 0 aromatic heterocycles. The average Bonchev–Trinajstić information content (AvgIpc) is 2.40. The summed E-state index contributed by atoms with van der Waals surface area (Å²) in [5, 5.41) is 3.63. The largest absolute Gasteiger partial charge is 0.493 e. The number of nitrogens with one attached hydrogen (secondary N) is 1. The van der Waals surface area contributed by atoms with E-state index in [9.17, 15) is 0 Å². The summed E-state index contributed by atoms with van der Waals surface area (Å²) in [6, 6.07) is 6.61. The highest BCUT2D eigenvalue weighted by molar-refractivity contribution is 5.44. The van der Waals surface area contributed by atoms with Crippen LogP contribution in [0.15, 0.2) is 18.2 Å². The van der Waals surface area contributed by atoms with Gasteiger partial charge in [-0.2, -0.15) is 0 Å². The topological polar surface area (TPSA) is 30.5 Å². The fourth-order valence-electron chi connectivity index (χ4n) is 2.69. The number of fused-ring (bicyclic) bond motifs is 1. The molecular formula is C18H29NO2. The Hall–Kier alpha value is -1.22. The molecule has 0 radical (unpaired) electrons. The Bertz CT molecular complexity index is 468. The Balaban J connectivity index is 2.19. The summed E-state index contributed by atoms with van der Waals surface area (Å²) in [5.41, 5.74) is 1.11. The molecule has 118 valence electrons. The second-order valence-electron chi connectivity index (χ2n) is 6.98. The Morgan fingerprint density at radius 2 is 2.14 bits per heavy atom. The molecular weight excluding hydrogens is 262 g/mol. The lowest BCUT2D eigenvalue weighted by atomic mass is 9.89. The standard InChI is InChI=1S/C18H29NO2/c1-6-9-19-16-11-18(4,5)21-17-10-14(7-8-15(16)17)20-12-13(2)3/h7-8,10,13,16,19H,6,9,11-12H2,1-5H3. The molecule has 0 bridgehead atoms. The van der Waals surface area contributed by atoms with Crippen molar-refractivity contribution in [3.8, 4) is 11.5 Å². The van der Waals surface area contributed by atoms with E-state index in [-0.39, 0.29) is 5.60 Å². The zero-order valence-corrected chi connectivity index (χ0v) is 14.0. The number of rotatable bonds is 6. The summed E-state index contributed by atoms with van der Waals surface area (Å²) in [5.74, 6) is 2.38. The lowest BCUT2D eigenvalue weighted by molar-refractivity contribution is 0.0656. The average molecular weight is 291 g/mol. The molecule has 0 fully saturated rings. The Morgan fingerprint density at radius 1 is 1.38 bits per heavy atom. The first-order valence-corrected chi connectivity index (χ1v) is 8.10. The van der Waals surface area contributed by atoms with Crippen molar-refractivity contribution in [3.63, 3.8) is 0 Å². The molecule has 1 aliphatic rings. The van der Waals surface area contributed by atoms with Crippen molar-refractivity contribution in [2.75, 3.05) is 13.2 Å². The summed E-state index contributed by atoms with van der Waals surface area (Å²) in [4.78, 5) is 0. The number of hydrogen-bond acceptors (Lipinski definition) is 3. The predicted molar refractivity (Wildman–Crippen MR) is 87.1 cm³/mol. The smallest absolute Gasteiger partial charge is 0.128 e. The van der Waals surface area contributed by atoms with Gasteiger partial charge in [-0.05, 0) is 38.8 Å². The van der Waals surface area contributed by atoms with Crippen LogP contribution in [0.1, 0.15) is 59.1 Å². The molecule has 1 aliphatic heterocycles. The minimum absolute atomic E-state index is 0.144. The van der Waals surface area contributed by atoms with Crippen LogP contribution in [-0.4, -0.2) is 18.8 Å². The van der Waals surface area contributed by atoms with E-state index in [1.165, 1.54) is 5.56 Å². The van der Waals surface area contributed by atoms with Crippen LogP contribution in [0.4, 0.5) is 0 Å². The Kier molecular flexibility index (Phi) is 5.15. The van der Waals surface area contributed by atoms with E-state index in [0.717, 1.165) is 37.5 Å². The van der Waals surface area contributed by atoms with Crippen molar-refractivity contribution in [2.24, 2.45) is 5.92 Å². The maximum Gasteiger partial charge on any atom is 0.128 e. The van der Waals surface area contributed by atoms with Gasteiger partial charge in [0.1, 0.15) is 17.1 Å². The van der Waals surface area contributed by atoms with E-state index < -0.39 is 0 Å². The Labute approximate surface area is 129 Å². The van der Waals surface area contributed by atoms with Crippen LogP contribution in [0.2, 0.25) is 0 Å². The maximum absolute atomic E-state index is 6.16. The third kappa shape index (κ3) is 4.37. The second-order valence-corrected chi connectivity index (χ2v) is 6.98. The first-order valence-electron chi connectivity index (χ1n) is 8.10. The summed E-state index contributed by atoms with van der Waals surface area (Å²) < 4.78 is 12.0. The van der Waals surface area contributed by atoms with Crippen LogP contribution in [-0.2, 0) is 0 Å². The van der Waals surface area contributed by atoms with Gasteiger partial charge in [0, 0.05) is 24.1 Å². The van der Waals surface area contributed by atoms with E-state index in [0.29, 0.717) is 12.0 Å². The summed E-state index contributed by atoms with van der Waals surface area (Å²) in [7, 11) is 0. The number of hydrogen-bond donors (Lipinski definition) is 1. The lowest BCUT2D eigenvalue weighted by Gasteiger charge is -2.38. The number of ether oxygens (including phenoxy) is 2. The van der Waals surface area contributed by atoms with Crippen LogP contribution in [0, 0.1) is 5.92 Å². The van der Waals surface area contributed by atoms with Crippen molar-refractivity contribution >= 4 is 0 Å². The van der Waals surface area contributed by atoms with E-state index in [4.69, 9.17) is 9.47 Å². The Morgan fingerprint density at radius 3 is 2.81 bits per heavy atom. The van der Waals surface area contributed by atoms with Gasteiger partial charge < -0.3 is 14.8 Å². The maximum atomic E-state index is 6.16. The minimum atomic E-state index is -0.144. The molecule has 1 atom stereocenters. The highest BCUT2D eigenvalue weighted by atomic mass is 16.5. The fourth-order valence-corrected chi connectivity index (χ4v) is 2.69. The quantitative estimate of drug-likeness (QED) is 0.846. The molecule has 0 amide bonds. The predicted octanol–water partition coefficient (Wildman–Crippen LogP) is 4.32. The van der Waals surface area contributed by atoms with Crippen molar-refractivity contribution in [1.82, 2.24) is 5.32 Å². The van der Waals surface area contributed by atoms with Gasteiger partial charge in [-0.3, -0.25) is 0 Å². The highest BCUT2D eigenvalue weighted by Crippen LogP contribution is 2.41. The molecule has 21 heavy (non-hydrogen) atoms. The van der Waals surface area contributed by atoms with Gasteiger partial charge in [0.2, 0.25) is 0 Å². The van der Waals surface area contributed by atoms with E-state index in [1.54, 1.807) is 0 Å². The molecule has 2 rings (SSSR count). The van der Waals surface area contributed by atoms with Crippen molar-refractivity contribution in [2.45, 2.75) is 59.1 Å². The van der Waals surface area contributed by atoms with Crippen LogP contribution >= 0.6 is 0 Å². The summed E-state index contributed by atoms with van der Waals surface area (Å²) in [6.07, 6.45) is 2.13. The van der Waals surface area contributed by atoms with Gasteiger partial charge in [0.05, 0.1) is 6.61 Å². The normalized spacial score (nSPS) is 20.0. The minimum Gasteiger partial charge on any atom is -0.493 e. The van der Waals surface area contributed by atoms with Gasteiger partial charge in [0.15, 0.2) is 0 Å². The third-order valence-electron chi connectivity index (χ3n) is 3.67. The molecule has 3 nitrogen and oxygen atoms in total. The van der Waals surface area contributed by atoms with Gasteiger partial charge in [0.25, 0.3) is 0 Å². The molecule has 0 saturated heterocycles. The molecule has 0 spiro atoms. The van der Waals surface area contributed by atoms with Crippen LogP contribution < -0.4 is 14.8 Å². The fraction of sp³-hybridized carbons (Fsp3) is 0.667. The van der Waals surface area contributed by atoms with E-state index in [1.807, 2.05) is 6.07 Å². The van der Waals surface area contributed by atoms with Crippen molar-refractivity contribution in [1.29, 1.82) is 0 Å². The molecule has 1 aromatic carbocycles. The molecule has 3 heteroatoms. The second kappa shape index (κ2) is 6.69. The first kappa shape index (κ1) is 16.2. The van der Waals surface area contributed by atoms with Crippen molar-refractivity contribution in [3.05, 3.63) is 23.8 Å². The van der Waals surface area contributed by atoms with Gasteiger partial charge in [-0.15, -0.1) is 0 Å². The molecule has 0 saturated carbocycles. The monoisotopic (exact) mass is 291 g/mol. The molecule has 1 heterocycles. The van der Waals surface area contributed by atoms with E-state index in [2.05, 4.69) is 52.1 Å². The summed E-state index contributed by atoms with van der Waals surface area (Å²) in [6.45, 7) is 12.6. The van der Waals surface area contributed by atoms with Gasteiger partial charge in [-0.1, -0.05) is 26.8 Å². The number of benzene rings is 1. The van der Waals surface area contributed by atoms with Gasteiger partial charge in [-0.25, -0.2) is 0 Å². The first-order chi connectivity index (χ1) is 9.91.